The van der Waals surface area contributed by atoms with Gasteiger partial charge < -0.3 is 10.2 Å². The zero-order valence-electron chi connectivity index (χ0n) is 13.3. The minimum absolute atomic E-state index is 0.133. The number of nitrogens with zero attached hydrogens (tertiary/aromatic N) is 2. The molecule has 0 aliphatic rings. The molecule has 0 radical (unpaired) electrons. The molecular formula is C16H29N3. The Morgan fingerprint density at radius 3 is 2.42 bits per heavy atom. The van der Waals surface area contributed by atoms with Gasteiger partial charge in [0.1, 0.15) is 0 Å². The van der Waals surface area contributed by atoms with Crippen molar-refractivity contribution < 1.29 is 0 Å². The molecule has 0 saturated carbocycles. The molecule has 0 spiro atoms. The molecule has 0 aliphatic carbocycles. The highest BCUT2D eigenvalue weighted by Crippen LogP contribution is 2.22. The lowest BCUT2D eigenvalue weighted by molar-refractivity contribution is 0.424. The molecule has 1 N–H and O–H groups in total. The smallest absolute Gasteiger partial charge is 0.0598 e. The second-order valence-corrected chi connectivity index (χ2v) is 6.19. The Morgan fingerprint density at radius 2 is 1.89 bits per heavy atom. The molecule has 0 aromatic carbocycles. The zero-order valence-corrected chi connectivity index (χ0v) is 13.3. The lowest BCUT2D eigenvalue weighted by Gasteiger charge is -2.30. The van der Waals surface area contributed by atoms with Crippen molar-refractivity contribution in [2.24, 2.45) is 0 Å². The topological polar surface area (TPSA) is 28.2 Å². The van der Waals surface area contributed by atoms with Crippen LogP contribution < -0.4 is 10.2 Å². The Labute approximate surface area is 118 Å². The van der Waals surface area contributed by atoms with Gasteiger partial charge in [-0.2, -0.15) is 0 Å². The summed E-state index contributed by atoms with van der Waals surface area (Å²) in [5.74, 6) is 0. The van der Waals surface area contributed by atoms with Crippen LogP contribution in [0, 0.1) is 0 Å². The monoisotopic (exact) mass is 263 g/mol. The largest absolute Gasteiger partial charge is 0.370 e. The van der Waals surface area contributed by atoms with E-state index in [0.29, 0.717) is 6.04 Å². The van der Waals surface area contributed by atoms with E-state index in [-0.39, 0.29) is 5.54 Å². The van der Waals surface area contributed by atoms with Gasteiger partial charge in [0.15, 0.2) is 0 Å². The fourth-order valence-corrected chi connectivity index (χ4v) is 2.28. The van der Waals surface area contributed by atoms with Crippen LogP contribution >= 0.6 is 0 Å². The molecule has 3 heteroatoms. The van der Waals surface area contributed by atoms with Crippen LogP contribution in [-0.4, -0.2) is 23.6 Å². The molecule has 1 heterocycles. The molecule has 1 rings (SSSR count). The summed E-state index contributed by atoms with van der Waals surface area (Å²) in [7, 11) is 2.18. The maximum absolute atomic E-state index is 4.29. The molecule has 3 nitrogen and oxygen atoms in total. The van der Waals surface area contributed by atoms with E-state index in [1.54, 1.807) is 0 Å². The average molecular weight is 263 g/mol. The highest BCUT2D eigenvalue weighted by atomic mass is 15.1. The van der Waals surface area contributed by atoms with Crippen molar-refractivity contribution in [1.29, 1.82) is 0 Å². The van der Waals surface area contributed by atoms with E-state index in [4.69, 9.17) is 0 Å². The van der Waals surface area contributed by atoms with Gasteiger partial charge >= 0.3 is 0 Å². The fourth-order valence-electron chi connectivity index (χ4n) is 2.28. The molecule has 0 aliphatic heterocycles. The molecule has 0 fully saturated rings. The summed E-state index contributed by atoms with van der Waals surface area (Å²) in [6.45, 7) is 11.9. The highest BCUT2D eigenvalue weighted by molar-refractivity contribution is 5.51. The Balaban J connectivity index is 2.89. The fraction of sp³-hybridized carbons (Fsp3) is 0.688. The van der Waals surface area contributed by atoms with Gasteiger partial charge in [0.2, 0.25) is 0 Å². The lowest BCUT2D eigenvalue weighted by atomic mass is 10.1. The molecule has 1 aromatic heterocycles. The quantitative estimate of drug-likeness (QED) is 0.850. The van der Waals surface area contributed by atoms with Gasteiger partial charge in [-0.3, -0.25) is 4.98 Å². The van der Waals surface area contributed by atoms with E-state index in [1.165, 1.54) is 11.3 Å². The third-order valence-corrected chi connectivity index (χ3v) is 3.57. The summed E-state index contributed by atoms with van der Waals surface area (Å²) in [6, 6.07) is 2.70. The Hall–Kier alpha value is -1.09. The Kier molecular flexibility index (Phi) is 5.80. The van der Waals surface area contributed by atoms with E-state index in [1.807, 2.05) is 12.4 Å². The van der Waals surface area contributed by atoms with Crippen LogP contribution in [0.3, 0.4) is 0 Å². The lowest BCUT2D eigenvalue weighted by Crippen LogP contribution is -2.36. The normalized spacial score (nSPS) is 11.9. The number of rotatable bonds is 6. The molecule has 19 heavy (non-hydrogen) atoms. The summed E-state index contributed by atoms with van der Waals surface area (Å²) < 4.78 is 0. The molecule has 0 saturated heterocycles. The highest BCUT2D eigenvalue weighted by Gasteiger charge is 2.16. The van der Waals surface area contributed by atoms with Crippen LogP contribution in [0.1, 0.15) is 53.0 Å². The van der Waals surface area contributed by atoms with Gasteiger partial charge in [0.25, 0.3) is 0 Å². The van der Waals surface area contributed by atoms with E-state index in [9.17, 15) is 0 Å². The first kappa shape index (κ1) is 16.0. The van der Waals surface area contributed by atoms with Gasteiger partial charge in [-0.15, -0.1) is 0 Å². The molecule has 1 aromatic rings. The molecule has 0 unspecified atom stereocenters. The number of hydrogen-bond acceptors (Lipinski definition) is 3. The maximum atomic E-state index is 4.29. The Bertz CT molecular complexity index is 378. The third kappa shape index (κ3) is 4.83. The standard InChI is InChI=1S/C16H29N3/c1-7-14(8-2)19(6)15-12-17-10-9-13(15)11-18-16(3,4)5/h9-10,12,14,18H,7-8,11H2,1-6H3. The summed E-state index contributed by atoms with van der Waals surface area (Å²) >= 11 is 0. The van der Waals surface area contributed by atoms with Crippen LogP contribution in [0.15, 0.2) is 18.5 Å². The van der Waals surface area contributed by atoms with Crippen LogP contribution in [0.4, 0.5) is 5.69 Å². The van der Waals surface area contributed by atoms with Gasteiger partial charge in [-0.25, -0.2) is 0 Å². The van der Waals surface area contributed by atoms with E-state index < -0.39 is 0 Å². The maximum Gasteiger partial charge on any atom is 0.0598 e. The van der Waals surface area contributed by atoms with Gasteiger partial charge in [0, 0.05) is 31.4 Å². The number of hydrogen-bond donors (Lipinski definition) is 1. The van der Waals surface area contributed by atoms with Gasteiger partial charge in [-0.05, 0) is 45.2 Å². The van der Waals surface area contributed by atoms with Crippen molar-refractivity contribution in [2.45, 2.75) is 65.6 Å². The van der Waals surface area contributed by atoms with Crippen LogP contribution in [0.2, 0.25) is 0 Å². The number of anilines is 1. The average Bonchev–Trinajstić information content (AvgIpc) is 2.37. The summed E-state index contributed by atoms with van der Waals surface area (Å²) in [5, 5.41) is 3.55. The van der Waals surface area contributed by atoms with Crippen molar-refractivity contribution in [2.75, 3.05) is 11.9 Å². The van der Waals surface area contributed by atoms with Crippen LogP contribution in [0.5, 0.6) is 0 Å². The second-order valence-electron chi connectivity index (χ2n) is 6.19. The van der Waals surface area contributed by atoms with Crippen molar-refractivity contribution in [1.82, 2.24) is 10.3 Å². The van der Waals surface area contributed by atoms with E-state index >= 15 is 0 Å². The molecular weight excluding hydrogens is 234 g/mol. The minimum Gasteiger partial charge on any atom is -0.370 e. The summed E-state index contributed by atoms with van der Waals surface area (Å²) in [6.07, 6.45) is 6.18. The minimum atomic E-state index is 0.133. The van der Waals surface area contributed by atoms with Crippen molar-refractivity contribution in [3.05, 3.63) is 24.0 Å². The van der Waals surface area contributed by atoms with E-state index in [0.717, 1.165) is 19.4 Å². The summed E-state index contributed by atoms with van der Waals surface area (Å²) in [4.78, 5) is 6.66. The first-order valence-corrected chi connectivity index (χ1v) is 7.29. The Morgan fingerprint density at radius 1 is 1.26 bits per heavy atom. The SMILES string of the molecule is CCC(CC)N(C)c1cnccc1CNC(C)(C)C. The third-order valence-electron chi connectivity index (χ3n) is 3.57. The van der Waals surface area contributed by atoms with Crippen molar-refractivity contribution in [3.63, 3.8) is 0 Å². The zero-order chi connectivity index (χ0) is 14.5. The molecule has 0 atom stereocenters. The van der Waals surface area contributed by atoms with Gasteiger partial charge in [0.05, 0.1) is 11.9 Å². The molecule has 0 amide bonds. The second kappa shape index (κ2) is 6.90. The van der Waals surface area contributed by atoms with E-state index in [2.05, 4.69) is 62.9 Å². The van der Waals surface area contributed by atoms with Crippen LogP contribution in [-0.2, 0) is 6.54 Å². The molecule has 108 valence electrons. The first-order valence-electron chi connectivity index (χ1n) is 7.29. The predicted octanol–water partition coefficient (Wildman–Crippen LogP) is 3.59. The first-order chi connectivity index (χ1) is 8.89. The summed E-state index contributed by atoms with van der Waals surface area (Å²) in [5.41, 5.74) is 2.70. The van der Waals surface area contributed by atoms with Crippen LogP contribution in [0.25, 0.3) is 0 Å². The van der Waals surface area contributed by atoms with Crippen molar-refractivity contribution >= 4 is 5.69 Å². The predicted molar refractivity (Wildman–Crippen MR) is 83.6 cm³/mol. The van der Waals surface area contributed by atoms with Crippen molar-refractivity contribution in [3.8, 4) is 0 Å². The number of aromatic nitrogens is 1. The number of nitrogens with one attached hydrogen (secondary N) is 1. The molecule has 0 bridgehead atoms. The van der Waals surface area contributed by atoms with Gasteiger partial charge in [-0.1, -0.05) is 13.8 Å². The number of pyridine rings is 1.